The molecule has 0 aliphatic heterocycles. The van der Waals surface area contributed by atoms with Gasteiger partial charge in [-0.1, -0.05) is 0 Å². The minimum atomic E-state index is -0.420. The van der Waals surface area contributed by atoms with Gasteiger partial charge in [-0.25, -0.2) is 5.10 Å². The molecule has 0 atom stereocenters. The van der Waals surface area contributed by atoms with Crippen molar-refractivity contribution in [2.24, 2.45) is 5.10 Å². The summed E-state index contributed by atoms with van der Waals surface area (Å²) in [5.41, 5.74) is 1.56. The van der Waals surface area contributed by atoms with Crippen molar-refractivity contribution in [1.29, 1.82) is 0 Å². The molecule has 8 nitrogen and oxygen atoms in total. The van der Waals surface area contributed by atoms with Crippen molar-refractivity contribution in [3.63, 3.8) is 0 Å². The van der Waals surface area contributed by atoms with E-state index in [4.69, 9.17) is 21.7 Å². The second kappa shape index (κ2) is 7.70. The lowest BCUT2D eigenvalue weighted by Crippen LogP contribution is -2.03. The first-order valence-electron chi connectivity index (χ1n) is 7.57. The highest BCUT2D eigenvalue weighted by Gasteiger charge is 2.09. The molecule has 1 aromatic carbocycles. The van der Waals surface area contributed by atoms with Crippen LogP contribution in [0.2, 0.25) is 0 Å². The molecule has 2 heterocycles. The van der Waals surface area contributed by atoms with Crippen LogP contribution < -0.4 is 9.47 Å². The lowest BCUT2D eigenvalue weighted by Gasteiger charge is -2.08. The third-order valence-corrected chi connectivity index (χ3v) is 3.62. The molecule has 3 aromatic rings. The van der Waals surface area contributed by atoms with E-state index in [1.165, 1.54) is 18.7 Å². The molecular formula is C17H15N5O3S. The summed E-state index contributed by atoms with van der Waals surface area (Å²) >= 11 is 5.24. The summed E-state index contributed by atoms with van der Waals surface area (Å²) in [7, 11) is 1.50. The zero-order chi connectivity index (χ0) is 18.5. The Morgan fingerprint density at radius 1 is 1.27 bits per heavy atom. The highest BCUT2D eigenvalue weighted by molar-refractivity contribution is 7.71. The van der Waals surface area contributed by atoms with Crippen molar-refractivity contribution in [3.8, 4) is 22.9 Å². The molecule has 2 aromatic heterocycles. The van der Waals surface area contributed by atoms with E-state index < -0.39 is 5.97 Å². The highest BCUT2D eigenvalue weighted by Crippen LogP contribution is 2.27. The Bertz CT molecular complexity index is 1010. The molecular weight excluding hydrogens is 354 g/mol. The van der Waals surface area contributed by atoms with Crippen LogP contribution in [-0.4, -0.2) is 39.2 Å². The van der Waals surface area contributed by atoms with Gasteiger partial charge in [-0.2, -0.15) is 14.9 Å². The van der Waals surface area contributed by atoms with Gasteiger partial charge in [0.05, 0.1) is 13.3 Å². The molecule has 3 rings (SSSR count). The number of pyridine rings is 1. The number of esters is 1. The molecule has 0 amide bonds. The number of nitrogens with zero attached hydrogens (tertiary/aromatic N) is 4. The quantitative estimate of drug-likeness (QED) is 0.322. The molecule has 132 valence electrons. The number of hydrogen-bond acceptors (Lipinski definition) is 7. The lowest BCUT2D eigenvalue weighted by atomic mass is 10.2. The number of hydrogen-bond donors (Lipinski definition) is 1. The van der Waals surface area contributed by atoms with Gasteiger partial charge in [0.25, 0.3) is 0 Å². The van der Waals surface area contributed by atoms with Crippen molar-refractivity contribution in [2.45, 2.75) is 6.92 Å². The van der Waals surface area contributed by atoms with E-state index in [0.29, 0.717) is 22.1 Å². The molecule has 0 fully saturated rings. The summed E-state index contributed by atoms with van der Waals surface area (Å²) in [5, 5.41) is 11.3. The van der Waals surface area contributed by atoms with E-state index in [0.717, 1.165) is 11.1 Å². The lowest BCUT2D eigenvalue weighted by molar-refractivity contribution is -0.132. The minimum Gasteiger partial charge on any atom is -0.493 e. The Morgan fingerprint density at radius 2 is 2.04 bits per heavy atom. The first-order chi connectivity index (χ1) is 12.6. The molecule has 26 heavy (non-hydrogen) atoms. The maximum absolute atomic E-state index is 11.1. The number of nitrogens with one attached hydrogen (secondary N) is 1. The largest absolute Gasteiger partial charge is 0.493 e. The summed E-state index contributed by atoms with van der Waals surface area (Å²) in [4.78, 5) is 15.1. The van der Waals surface area contributed by atoms with Crippen LogP contribution in [-0.2, 0) is 4.79 Å². The van der Waals surface area contributed by atoms with Gasteiger partial charge in [0.1, 0.15) is 0 Å². The van der Waals surface area contributed by atoms with E-state index in [1.807, 2.05) is 12.1 Å². The van der Waals surface area contributed by atoms with Crippen LogP contribution in [0.3, 0.4) is 0 Å². The average Bonchev–Trinajstić information content (AvgIpc) is 3.01. The molecule has 0 unspecified atom stereocenters. The van der Waals surface area contributed by atoms with Crippen molar-refractivity contribution in [3.05, 3.63) is 53.1 Å². The first kappa shape index (κ1) is 17.5. The Morgan fingerprint density at radius 3 is 2.73 bits per heavy atom. The molecule has 0 bridgehead atoms. The fourth-order valence-electron chi connectivity index (χ4n) is 2.21. The number of H-pyrrole nitrogens is 1. The van der Waals surface area contributed by atoms with Gasteiger partial charge in [-0.15, -0.1) is 0 Å². The van der Waals surface area contributed by atoms with Gasteiger partial charge < -0.3 is 9.47 Å². The Balaban J connectivity index is 1.93. The maximum atomic E-state index is 11.1. The Kier molecular flexibility index (Phi) is 5.18. The predicted molar refractivity (Wildman–Crippen MR) is 97.9 cm³/mol. The van der Waals surface area contributed by atoms with Crippen LogP contribution in [0, 0.1) is 4.77 Å². The zero-order valence-electron chi connectivity index (χ0n) is 14.0. The number of ether oxygens (including phenoxy) is 2. The molecule has 0 saturated carbocycles. The fraction of sp³-hybridized carbons (Fsp3) is 0.118. The topological polar surface area (TPSA) is 94.4 Å². The van der Waals surface area contributed by atoms with Crippen LogP contribution in [0.15, 0.2) is 47.8 Å². The number of methoxy groups -OCH3 is 1. The second-order valence-electron chi connectivity index (χ2n) is 5.15. The molecule has 0 aliphatic carbocycles. The van der Waals surface area contributed by atoms with E-state index in [9.17, 15) is 4.79 Å². The summed E-state index contributed by atoms with van der Waals surface area (Å²) in [6.45, 7) is 1.33. The van der Waals surface area contributed by atoms with Crippen LogP contribution >= 0.6 is 12.2 Å². The van der Waals surface area contributed by atoms with E-state index in [-0.39, 0.29) is 0 Å². The molecule has 0 saturated heterocycles. The van der Waals surface area contributed by atoms with Gasteiger partial charge in [0.15, 0.2) is 17.3 Å². The number of benzene rings is 1. The summed E-state index contributed by atoms with van der Waals surface area (Å²) in [5.74, 6) is 0.914. The smallest absolute Gasteiger partial charge is 0.308 e. The Labute approximate surface area is 154 Å². The van der Waals surface area contributed by atoms with Crippen molar-refractivity contribution in [1.82, 2.24) is 19.9 Å². The van der Waals surface area contributed by atoms with Crippen molar-refractivity contribution < 1.29 is 14.3 Å². The number of carbonyl (C=O) groups excluding carboxylic acids is 1. The van der Waals surface area contributed by atoms with Gasteiger partial charge in [-0.3, -0.25) is 9.78 Å². The SMILES string of the molecule is COc1cc(/C=N/n2c(-c3ccncc3)n[nH]c2=S)ccc1OC(C)=O. The summed E-state index contributed by atoms with van der Waals surface area (Å²) < 4.78 is 12.2. The molecule has 0 spiro atoms. The molecule has 0 radical (unpaired) electrons. The predicted octanol–water partition coefficient (Wildman–Crippen LogP) is 2.82. The summed E-state index contributed by atoms with van der Waals surface area (Å²) in [6, 6.07) is 8.72. The second-order valence-corrected chi connectivity index (χ2v) is 5.54. The van der Waals surface area contributed by atoms with Crippen LogP contribution in [0.1, 0.15) is 12.5 Å². The third-order valence-electron chi connectivity index (χ3n) is 3.35. The number of rotatable bonds is 5. The number of carbonyl (C=O) groups is 1. The molecule has 9 heteroatoms. The molecule has 0 aliphatic rings. The van der Waals surface area contributed by atoms with Crippen molar-refractivity contribution in [2.75, 3.05) is 7.11 Å². The normalized spacial score (nSPS) is 10.8. The fourth-order valence-corrected chi connectivity index (χ4v) is 2.39. The van der Waals surface area contributed by atoms with E-state index in [2.05, 4.69) is 20.3 Å². The number of aromatic nitrogens is 4. The highest BCUT2D eigenvalue weighted by atomic mass is 32.1. The first-order valence-corrected chi connectivity index (χ1v) is 7.98. The van der Waals surface area contributed by atoms with Crippen molar-refractivity contribution >= 4 is 24.4 Å². The average molecular weight is 369 g/mol. The van der Waals surface area contributed by atoms with Gasteiger partial charge in [-0.05, 0) is 48.1 Å². The standard InChI is InChI=1S/C17H15N5O3S/c1-11(23)25-14-4-3-12(9-15(14)24-2)10-19-22-16(20-21-17(22)26)13-5-7-18-8-6-13/h3-10H,1-2H3,(H,21,26)/b19-10+. The number of aromatic amines is 1. The van der Waals surface area contributed by atoms with Crippen LogP contribution in [0.5, 0.6) is 11.5 Å². The van der Waals surface area contributed by atoms with E-state index in [1.54, 1.807) is 36.8 Å². The van der Waals surface area contributed by atoms with E-state index >= 15 is 0 Å². The monoisotopic (exact) mass is 369 g/mol. The van der Waals surface area contributed by atoms with Gasteiger partial charge in [0, 0.05) is 24.9 Å². The molecule has 1 N–H and O–H groups in total. The maximum Gasteiger partial charge on any atom is 0.308 e. The summed E-state index contributed by atoms with van der Waals surface area (Å²) in [6.07, 6.45) is 4.94. The Hall–Kier alpha value is -3.33. The van der Waals surface area contributed by atoms with Gasteiger partial charge >= 0.3 is 5.97 Å². The zero-order valence-corrected chi connectivity index (χ0v) is 14.9. The minimum absolute atomic E-state index is 0.342. The van der Waals surface area contributed by atoms with Crippen LogP contribution in [0.4, 0.5) is 0 Å². The third kappa shape index (κ3) is 3.83. The van der Waals surface area contributed by atoms with Crippen LogP contribution in [0.25, 0.3) is 11.4 Å². The van der Waals surface area contributed by atoms with Gasteiger partial charge in [0.2, 0.25) is 4.77 Å².